The lowest BCUT2D eigenvalue weighted by Gasteiger charge is -2.18. The second-order valence-corrected chi connectivity index (χ2v) is 6.18. The Kier molecular flexibility index (Phi) is 7.70. The maximum atomic E-state index is 12.0. The Morgan fingerprint density at radius 2 is 1.78 bits per heavy atom. The Balaban J connectivity index is 1.86. The highest BCUT2D eigenvalue weighted by molar-refractivity contribution is 5.91. The number of rotatable bonds is 9. The van der Waals surface area contributed by atoms with Crippen LogP contribution in [0.2, 0.25) is 0 Å². The largest absolute Gasteiger partial charge is 0.348 e. The van der Waals surface area contributed by atoms with Crippen LogP contribution in [0.25, 0.3) is 6.08 Å². The Morgan fingerprint density at radius 1 is 1.11 bits per heavy atom. The van der Waals surface area contributed by atoms with E-state index in [0.29, 0.717) is 12.1 Å². The maximum absolute atomic E-state index is 12.0. The Labute approximate surface area is 159 Å². The lowest BCUT2D eigenvalue weighted by Crippen LogP contribution is -2.22. The van der Waals surface area contributed by atoms with Crippen LogP contribution in [-0.2, 0) is 17.9 Å². The van der Waals surface area contributed by atoms with Crippen molar-refractivity contribution in [3.05, 3.63) is 81.4 Å². The minimum absolute atomic E-state index is 0.00218. The molecule has 6 nitrogen and oxygen atoms in total. The van der Waals surface area contributed by atoms with Gasteiger partial charge in [-0.25, -0.2) is 0 Å². The number of carbonyl (C=O) groups excluding carboxylic acids is 1. The Morgan fingerprint density at radius 3 is 2.41 bits per heavy atom. The van der Waals surface area contributed by atoms with E-state index in [1.54, 1.807) is 18.2 Å². The molecule has 0 saturated carbocycles. The normalized spacial score (nSPS) is 11.1. The van der Waals surface area contributed by atoms with Crippen LogP contribution in [0.4, 0.5) is 5.69 Å². The van der Waals surface area contributed by atoms with Crippen molar-refractivity contribution in [1.82, 2.24) is 10.2 Å². The van der Waals surface area contributed by atoms with Crippen molar-refractivity contribution >= 4 is 17.7 Å². The number of hydrogen-bond donors (Lipinski definition) is 1. The molecule has 2 aromatic carbocycles. The number of amides is 1. The summed E-state index contributed by atoms with van der Waals surface area (Å²) >= 11 is 0. The second kappa shape index (κ2) is 10.2. The summed E-state index contributed by atoms with van der Waals surface area (Å²) in [6.45, 7) is 7.69. The predicted octanol–water partition coefficient (Wildman–Crippen LogP) is 3.77. The van der Waals surface area contributed by atoms with Gasteiger partial charge >= 0.3 is 0 Å². The van der Waals surface area contributed by atoms with E-state index in [-0.39, 0.29) is 11.6 Å². The quantitative estimate of drug-likeness (QED) is 0.416. The number of nitro benzene ring substituents is 1. The third-order valence-corrected chi connectivity index (χ3v) is 4.30. The molecule has 1 amide bonds. The highest BCUT2D eigenvalue weighted by Gasteiger charge is 2.05. The monoisotopic (exact) mass is 367 g/mol. The van der Waals surface area contributed by atoms with Gasteiger partial charge in [-0.15, -0.1) is 0 Å². The maximum Gasteiger partial charge on any atom is 0.270 e. The molecule has 6 heteroatoms. The van der Waals surface area contributed by atoms with Crippen molar-refractivity contribution in [2.45, 2.75) is 26.9 Å². The van der Waals surface area contributed by atoms with Crippen LogP contribution >= 0.6 is 0 Å². The number of nitrogens with one attached hydrogen (secondary N) is 1. The van der Waals surface area contributed by atoms with Crippen molar-refractivity contribution < 1.29 is 9.72 Å². The zero-order chi connectivity index (χ0) is 19.6. The molecule has 0 saturated heterocycles. The molecule has 142 valence electrons. The molecule has 27 heavy (non-hydrogen) atoms. The average molecular weight is 367 g/mol. The standard InChI is InChI=1S/C21H25N3O3/c1-3-23(4-2)16-19-10-8-18(9-11-19)15-22-21(25)13-12-17-6-5-7-20(14-17)24(26)27/h5-14H,3-4,15-16H2,1-2H3,(H,22,25)/b13-12+. The molecule has 0 aliphatic heterocycles. The van der Waals surface area contributed by atoms with E-state index in [0.717, 1.165) is 25.2 Å². The average Bonchev–Trinajstić information content (AvgIpc) is 2.70. The molecule has 2 rings (SSSR count). The summed E-state index contributed by atoms with van der Waals surface area (Å²) < 4.78 is 0. The lowest BCUT2D eigenvalue weighted by atomic mass is 10.1. The molecule has 0 aliphatic rings. The summed E-state index contributed by atoms with van der Waals surface area (Å²) in [7, 11) is 0. The van der Waals surface area contributed by atoms with E-state index in [9.17, 15) is 14.9 Å². The zero-order valence-electron chi connectivity index (χ0n) is 15.7. The zero-order valence-corrected chi connectivity index (χ0v) is 15.7. The number of carbonyl (C=O) groups is 1. The van der Waals surface area contributed by atoms with Crippen LogP contribution in [0, 0.1) is 10.1 Å². The minimum Gasteiger partial charge on any atom is -0.348 e. The molecule has 0 spiro atoms. The van der Waals surface area contributed by atoms with Gasteiger partial charge in [0.2, 0.25) is 5.91 Å². The van der Waals surface area contributed by atoms with Crippen molar-refractivity contribution in [3.8, 4) is 0 Å². The summed E-state index contributed by atoms with van der Waals surface area (Å²) in [6, 6.07) is 14.4. The molecule has 0 fully saturated rings. The molecule has 0 bridgehead atoms. The topological polar surface area (TPSA) is 75.5 Å². The predicted molar refractivity (Wildman–Crippen MR) is 107 cm³/mol. The van der Waals surface area contributed by atoms with E-state index in [2.05, 4.69) is 36.2 Å². The Hall–Kier alpha value is -2.99. The first kappa shape index (κ1) is 20.3. The fourth-order valence-electron chi connectivity index (χ4n) is 2.63. The van der Waals surface area contributed by atoms with Gasteiger partial charge < -0.3 is 5.32 Å². The molecule has 0 aliphatic carbocycles. The molecule has 0 atom stereocenters. The van der Waals surface area contributed by atoms with Crippen LogP contribution in [0.5, 0.6) is 0 Å². The number of benzene rings is 2. The van der Waals surface area contributed by atoms with E-state index < -0.39 is 4.92 Å². The first-order valence-electron chi connectivity index (χ1n) is 9.02. The summed E-state index contributed by atoms with van der Waals surface area (Å²) in [4.78, 5) is 24.6. The first-order valence-corrected chi connectivity index (χ1v) is 9.02. The van der Waals surface area contributed by atoms with Crippen molar-refractivity contribution in [1.29, 1.82) is 0 Å². The summed E-state index contributed by atoms with van der Waals surface area (Å²) in [5.74, 6) is -0.242. The van der Waals surface area contributed by atoms with Gasteiger partial charge in [0.15, 0.2) is 0 Å². The summed E-state index contributed by atoms with van der Waals surface area (Å²) in [5.41, 5.74) is 2.89. The first-order chi connectivity index (χ1) is 13.0. The number of hydrogen-bond acceptors (Lipinski definition) is 4. The SMILES string of the molecule is CCN(CC)Cc1ccc(CNC(=O)/C=C/c2cccc([N+](=O)[O-])c2)cc1. The highest BCUT2D eigenvalue weighted by Crippen LogP contribution is 2.14. The summed E-state index contributed by atoms with van der Waals surface area (Å²) in [6.07, 6.45) is 2.95. The molecule has 0 aromatic heterocycles. The van der Waals surface area contributed by atoms with Gasteiger partial charge in [-0.2, -0.15) is 0 Å². The van der Waals surface area contributed by atoms with Crippen LogP contribution in [-0.4, -0.2) is 28.8 Å². The molecular formula is C21H25N3O3. The van der Waals surface area contributed by atoms with Gasteiger partial charge in [0.1, 0.15) is 0 Å². The van der Waals surface area contributed by atoms with Crippen LogP contribution in [0.3, 0.4) is 0 Å². The highest BCUT2D eigenvalue weighted by atomic mass is 16.6. The minimum atomic E-state index is -0.457. The van der Waals surface area contributed by atoms with Crippen molar-refractivity contribution in [2.24, 2.45) is 0 Å². The van der Waals surface area contributed by atoms with Crippen LogP contribution in [0.1, 0.15) is 30.5 Å². The van der Waals surface area contributed by atoms with Gasteiger partial charge in [-0.05, 0) is 35.9 Å². The van der Waals surface area contributed by atoms with Gasteiger partial charge in [0.05, 0.1) is 4.92 Å². The fraction of sp³-hybridized carbons (Fsp3) is 0.286. The summed E-state index contributed by atoms with van der Waals surface area (Å²) in [5, 5.41) is 13.6. The van der Waals surface area contributed by atoms with E-state index in [1.807, 2.05) is 12.1 Å². The number of non-ortho nitro benzene ring substituents is 1. The van der Waals surface area contributed by atoms with Gasteiger partial charge in [-0.1, -0.05) is 50.2 Å². The van der Waals surface area contributed by atoms with Crippen LogP contribution < -0.4 is 5.32 Å². The smallest absolute Gasteiger partial charge is 0.270 e. The lowest BCUT2D eigenvalue weighted by molar-refractivity contribution is -0.384. The van der Waals surface area contributed by atoms with Gasteiger partial charge in [-0.3, -0.25) is 19.8 Å². The number of nitro groups is 1. The van der Waals surface area contributed by atoms with E-state index in [4.69, 9.17) is 0 Å². The molecular weight excluding hydrogens is 342 g/mol. The van der Waals surface area contributed by atoms with Crippen molar-refractivity contribution in [3.63, 3.8) is 0 Å². The second-order valence-electron chi connectivity index (χ2n) is 6.18. The van der Waals surface area contributed by atoms with Gasteiger partial charge in [0, 0.05) is 31.3 Å². The molecule has 0 heterocycles. The Bertz CT molecular complexity index is 797. The third-order valence-electron chi connectivity index (χ3n) is 4.30. The number of nitrogens with zero attached hydrogens (tertiary/aromatic N) is 2. The fourth-order valence-corrected chi connectivity index (χ4v) is 2.63. The molecule has 1 N–H and O–H groups in total. The molecule has 2 aromatic rings. The van der Waals surface area contributed by atoms with E-state index >= 15 is 0 Å². The van der Waals surface area contributed by atoms with Crippen LogP contribution in [0.15, 0.2) is 54.6 Å². The van der Waals surface area contributed by atoms with E-state index in [1.165, 1.54) is 23.8 Å². The van der Waals surface area contributed by atoms with Gasteiger partial charge in [0.25, 0.3) is 5.69 Å². The van der Waals surface area contributed by atoms with Crippen molar-refractivity contribution in [2.75, 3.05) is 13.1 Å². The third kappa shape index (κ3) is 6.67. The molecule has 0 unspecified atom stereocenters. The molecule has 0 radical (unpaired) electrons.